The minimum Gasteiger partial charge on any atom is -0.481 e. The van der Waals surface area contributed by atoms with Crippen LogP contribution in [-0.2, 0) is 43.2 Å². The van der Waals surface area contributed by atoms with E-state index in [2.05, 4.69) is 21.3 Å². The molecule has 0 aliphatic rings. The molecule has 0 aromatic carbocycles. The normalized spacial score (nSPS) is 14.0. The molecule has 19 heteroatoms. The summed E-state index contributed by atoms with van der Waals surface area (Å²) in [5.41, 5.74) is 16.3. The zero-order chi connectivity index (χ0) is 33.8. The van der Waals surface area contributed by atoms with Gasteiger partial charge in [-0.15, -0.1) is 0 Å². The summed E-state index contributed by atoms with van der Waals surface area (Å²) in [6.45, 7) is 0.256. The molecule has 0 aliphatic heterocycles. The number of aliphatic carboxylic acids is 3. The van der Waals surface area contributed by atoms with Gasteiger partial charge in [0.05, 0.1) is 18.5 Å². The highest BCUT2D eigenvalue weighted by molar-refractivity contribution is 5.96. The number of carboxylic acid groups (broad SMARTS) is 3. The highest BCUT2D eigenvalue weighted by atomic mass is 16.4. The van der Waals surface area contributed by atoms with Crippen LogP contribution in [0.1, 0.15) is 64.2 Å². The van der Waals surface area contributed by atoms with E-state index < -0.39 is 110 Å². The number of hydrogen-bond donors (Lipinski definition) is 10. The molecule has 0 spiro atoms. The Morgan fingerprint density at radius 1 is 0.614 bits per heavy atom. The average molecular weight is 632 g/mol. The van der Waals surface area contributed by atoms with E-state index in [1.807, 2.05) is 0 Å². The molecule has 13 N–H and O–H groups in total. The fourth-order valence-electron chi connectivity index (χ4n) is 3.67. The monoisotopic (exact) mass is 631 g/mol. The lowest BCUT2D eigenvalue weighted by Gasteiger charge is -2.26. The standard InChI is InChI=1S/C25H41N7O12/c26-10-2-1-3-15(23(42)29-13(12-33)4-8-19(35)36)30-24(43)16(6-7-18(28)34)31-25(44)17(11-21(39)40)32-22(41)14(27)5-9-20(37)38/h12-17H,1-11,26-27H2,(H2,28,34)(H,29,42)(H,30,43)(H,31,44)(H,32,41)(H,35,36)(H,37,38)(H,39,40)/t13-,14-,15-,16-,17-/m0/s1. The van der Waals surface area contributed by atoms with Gasteiger partial charge in [0.15, 0.2) is 0 Å². The molecule has 248 valence electrons. The molecule has 0 fully saturated rings. The fraction of sp³-hybridized carbons (Fsp3) is 0.640. The highest BCUT2D eigenvalue weighted by Gasteiger charge is 2.32. The maximum atomic E-state index is 13.2. The largest absolute Gasteiger partial charge is 0.481 e. The first-order valence-corrected chi connectivity index (χ1v) is 13.7. The lowest BCUT2D eigenvalue weighted by Crippen LogP contribution is -2.58. The molecule has 0 rings (SSSR count). The number of unbranched alkanes of at least 4 members (excludes halogenated alkanes) is 1. The van der Waals surface area contributed by atoms with Crippen molar-refractivity contribution < 1.29 is 58.5 Å². The molecule has 44 heavy (non-hydrogen) atoms. The Hall–Kier alpha value is -4.65. The minimum absolute atomic E-state index is 0.0156. The van der Waals surface area contributed by atoms with Gasteiger partial charge in [-0.3, -0.25) is 38.4 Å². The van der Waals surface area contributed by atoms with Crippen molar-refractivity contribution in [1.29, 1.82) is 0 Å². The minimum atomic E-state index is -1.77. The van der Waals surface area contributed by atoms with Crippen LogP contribution in [0.25, 0.3) is 0 Å². The Bertz CT molecular complexity index is 1050. The van der Waals surface area contributed by atoms with E-state index in [1.54, 1.807) is 0 Å². The number of amides is 5. The lowest BCUT2D eigenvalue weighted by atomic mass is 10.0. The van der Waals surface area contributed by atoms with E-state index in [-0.39, 0.29) is 25.8 Å². The van der Waals surface area contributed by atoms with E-state index in [9.17, 15) is 48.3 Å². The maximum Gasteiger partial charge on any atom is 0.305 e. The van der Waals surface area contributed by atoms with E-state index in [0.29, 0.717) is 19.1 Å². The van der Waals surface area contributed by atoms with Gasteiger partial charge in [-0.1, -0.05) is 0 Å². The zero-order valence-corrected chi connectivity index (χ0v) is 24.0. The van der Waals surface area contributed by atoms with Crippen molar-refractivity contribution >= 4 is 53.7 Å². The van der Waals surface area contributed by atoms with Crippen LogP contribution in [0.4, 0.5) is 0 Å². The van der Waals surface area contributed by atoms with Gasteiger partial charge in [0.1, 0.15) is 24.4 Å². The molecule has 0 radical (unpaired) electrons. The summed E-state index contributed by atoms with van der Waals surface area (Å²) < 4.78 is 0. The van der Waals surface area contributed by atoms with Crippen LogP contribution < -0.4 is 38.5 Å². The van der Waals surface area contributed by atoms with Gasteiger partial charge in [0.25, 0.3) is 0 Å². The number of carbonyl (C=O) groups is 9. The second-order valence-electron chi connectivity index (χ2n) is 9.79. The first-order chi connectivity index (χ1) is 20.6. The van der Waals surface area contributed by atoms with Crippen molar-refractivity contribution in [3.8, 4) is 0 Å². The van der Waals surface area contributed by atoms with E-state index in [1.165, 1.54) is 0 Å². The summed E-state index contributed by atoms with van der Waals surface area (Å²) in [6.07, 6.45) is -2.09. The molecule has 0 heterocycles. The first-order valence-electron chi connectivity index (χ1n) is 13.7. The average Bonchev–Trinajstić information content (AvgIpc) is 2.94. The number of nitrogens with one attached hydrogen (secondary N) is 4. The molecule has 0 saturated carbocycles. The number of rotatable bonds is 24. The number of primary amides is 1. The first kappa shape index (κ1) is 39.4. The molecule has 5 amide bonds. The summed E-state index contributed by atoms with van der Waals surface area (Å²) in [6, 6.07) is -7.22. The number of nitrogens with two attached hydrogens (primary N) is 3. The number of carbonyl (C=O) groups excluding carboxylic acids is 6. The molecule has 0 saturated heterocycles. The summed E-state index contributed by atoms with van der Waals surface area (Å²) in [4.78, 5) is 107. The Labute approximate surface area is 252 Å². The van der Waals surface area contributed by atoms with Crippen molar-refractivity contribution in [2.45, 2.75) is 94.4 Å². The van der Waals surface area contributed by atoms with Crippen LogP contribution in [0.5, 0.6) is 0 Å². The SMILES string of the molecule is NCCCC[C@H](NC(=O)[C@H](CCC(N)=O)NC(=O)[C@H](CC(=O)O)NC(=O)[C@@H](N)CCC(=O)O)C(=O)N[C@H](C=O)CCC(=O)O. The Morgan fingerprint density at radius 3 is 1.61 bits per heavy atom. The second-order valence-corrected chi connectivity index (χ2v) is 9.79. The second kappa shape index (κ2) is 21.1. The summed E-state index contributed by atoms with van der Waals surface area (Å²) in [5, 5.41) is 35.9. The van der Waals surface area contributed by atoms with Crippen LogP contribution in [0.2, 0.25) is 0 Å². The maximum absolute atomic E-state index is 13.2. The van der Waals surface area contributed by atoms with Crippen LogP contribution in [0.3, 0.4) is 0 Å². The third-order valence-electron chi connectivity index (χ3n) is 6.07. The molecular weight excluding hydrogens is 590 g/mol. The molecule has 5 atom stereocenters. The van der Waals surface area contributed by atoms with Gasteiger partial charge in [-0.2, -0.15) is 0 Å². The third-order valence-corrected chi connectivity index (χ3v) is 6.07. The van der Waals surface area contributed by atoms with Gasteiger partial charge in [-0.05, 0) is 45.1 Å². The highest BCUT2D eigenvalue weighted by Crippen LogP contribution is 2.07. The van der Waals surface area contributed by atoms with E-state index in [0.717, 1.165) is 0 Å². The fourth-order valence-corrected chi connectivity index (χ4v) is 3.67. The molecule has 19 nitrogen and oxygen atoms in total. The molecule has 0 aromatic rings. The molecule has 0 aromatic heterocycles. The van der Waals surface area contributed by atoms with Crippen molar-refractivity contribution in [3.05, 3.63) is 0 Å². The Balaban J connectivity index is 5.90. The molecular formula is C25H41N7O12. The van der Waals surface area contributed by atoms with Crippen molar-refractivity contribution in [3.63, 3.8) is 0 Å². The number of aldehydes is 1. The molecule has 0 unspecified atom stereocenters. The van der Waals surface area contributed by atoms with Gasteiger partial charge in [-0.25, -0.2) is 0 Å². The van der Waals surface area contributed by atoms with E-state index in [4.69, 9.17) is 27.4 Å². The summed E-state index contributed by atoms with van der Waals surface area (Å²) in [5.74, 6) is -8.87. The Morgan fingerprint density at radius 2 is 1.11 bits per heavy atom. The van der Waals surface area contributed by atoms with Crippen molar-refractivity contribution in [2.24, 2.45) is 17.2 Å². The Kier molecular flexibility index (Phi) is 18.9. The number of carboxylic acids is 3. The van der Waals surface area contributed by atoms with Gasteiger partial charge >= 0.3 is 17.9 Å². The quantitative estimate of drug-likeness (QED) is 0.0359. The molecule has 0 aliphatic carbocycles. The third kappa shape index (κ3) is 17.3. The summed E-state index contributed by atoms with van der Waals surface area (Å²) in [7, 11) is 0. The predicted molar refractivity (Wildman–Crippen MR) is 149 cm³/mol. The van der Waals surface area contributed by atoms with Crippen LogP contribution in [0.15, 0.2) is 0 Å². The predicted octanol–water partition coefficient (Wildman–Crippen LogP) is -3.95. The van der Waals surface area contributed by atoms with Crippen LogP contribution in [-0.4, -0.2) is 106 Å². The zero-order valence-electron chi connectivity index (χ0n) is 24.0. The van der Waals surface area contributed by atoms with Gasteiger partial charge < -0.3 is 58.6 Å². The van der Waals surface area contributed by atoms with Gasteiger partial charge in [0.2, 0.25) is 29.5 Å². The van der Waals surface area contributed by atoms with Crippen molar-refractivity contribution in [2.75, 3.05) is 6.54 Å². The molecule has 0 bridgehead atoms. The smallest absolute Gasteiger partial charge is 0.305 e. The summed E-state index contributed by atoms with van der Waals surface area (Å²) >= 11 is 0. The van der Waals surface area contributed by atoms with Crippen LogP contribution in [0, 0.1) is 0 Å². The van der Waals surface area contributed by atoms with Crippen LogP contribution >= 0.6 is 0 Å². The number of hydrogen-bond acceptors (Lipinski definition) is 11. The topological polar surface area (TPSA) is 340 Å². The van der Waals surface area contributed by atoms with Crippen molar-refractivity contribution in [1.82, 2.24) is 21.3 Å². The van der Waals surface area contributed by atoms with Gasteiger partial charge in [0, 0.05) is 19.3 Å². The van der Waals surface area contributed by atoms with E-state index >= 15 is 0 Å². The lowest BCUT2D eigenvalue weighted by molar-refractivity contribution is -0.141.